The number of nitrogens with one attached hydrogen (secondary N) is 1. The normalized spacial score (nSPS) is 22.4. The molecular formula is C15H19N3O3. The van der Waals surface area contributed by atoms with Crippen molar-refractivity contribution in [2.45, 2.75) is 51.7 Å². The first-order valence-corrected chi connectivity index (χ1v) is 7.26. The van der Waals surface area contributed by atoms with Crippen LogP contribution in [-0.2, 0) is 0 Å². The number of aromatic nitrogens is 2. The molecule has 21 heavy (non-hydrogen) atoms. The van der Waals surface area contributed by atoms with E-state index in [1.54, 1.807) is 6.92 Å². The molecule has 3 rings (SSSR count). The van der Waals surface area contributed by atoms with E-state index in [-0.39, 0.29) is 17.9 Å². The molecular weight excluding hydrogens is 270 g/mol. The highest BCUT2D eigenvalue weighted by atomic mass is 16.3. The van der Waals surface area contributed by atoms with E-state index in [2.05, 4.69) is 15.3 Å². The monoisotopic (exact) mass is 289 g/mol. The van der Waals surface area contributed by atoms with Gasteiger partial charge >= 0.3 is 0 Å². The van der Waals surface area contributed by atoms with Crippen molar-refractivity contribution >= 4 is 22.7 Å². The number of aryl methyl sites for hydroxylation is 1. The molecule has 1 saturated carbocycles. The standard InChI is InChI=1S/C15H19N3O3/c1-8(19)12-9(2)21-15-13(12)14(16-7-17-15)18-10-3-5-11(20)6-4-10/h7,10-11,20H,3-6H2,1-2H3,(H,16,17,18). The van der Waals surface area contributed by atoms with E-state index < -0.39 is 0 Å². The Morgan fingerprint density at radius 2 is 2.05 bits per heavy atom. The minimum absolute atomic E-state index is 0.0526. The number of rotatable bonds is 3. The maximum absolute atomic E-state index is 11.9. The summed E-state index contributed by atoms with van der Waals surface area (Å²) in [5, 5.41) is 13.6. The molecule has 0 spiro atoms. The van der Waals surface area contributed by atoms with Gasteiger partial charge in [-0.3, -0.25) is 4.79 Å². The molecule has 1 fully saturated rings. The Bertz CT molecular complexity index is 672. The van der Waals surface area contributed by atoms with Crippen molar-refractivity contribution in [2.24, 2.45) is 0 Å². The van der Waals surface area contributed by atoms with Gasteiger partial charge in [0.2, 0.25) is 5.71 Å². The predicted molar refractivity (Wildman–Crippen MR) is 78.4 cm³/mol. The van der Waals surface area contributed by atoms with Crippen LogP contribution in [0.5, 0.6) is 0 Å². The van der Waals surface area contributed by atoms with E-state index in [0.717, 1.165) is 25.7 Å². The highest BCUT2D eigenvalue weighted by Crippen LogP contribution is 2.31. The Labute approximate surface area is 122 Å². The van der Waals surface area contributed by atoms with Crippen LogP contribution in [0.3, 0.4) is 0 Å². The molecule has 2 heterocycles. The summed E-state index contributed by atoms with van der Waals surface area (Å²) in [5.74, 6) is 1.16. The molecule has 0 saturated heterocycles. The van der Waals surface area contributed by atoms with Gasteiger partial charge in [0.1, 0.15) is 17.9 Å². The average molecular weight is 289 g/mol. The van der Waals surface area contributed by atoms with E-state index >= 15 is 0 Å². The van der Waals surface area contributed by atoms with E-state index in [1.807, 2.05) is 0 Å². The molecule has 2 N–H and O–H groups in total. The number of anilines is 1. The van der Waals surface area contributed by atoms with Crippen LogP contribution in [0.1, 0.15) is 48.7 Å². The van der Waals surface area contributed by atoms with Gasteiger partial charge in [-0.2, -0.15) is 0 Å². The molecule has 112 valence electrons. The molecule has 0 bridgehead atoms. The minimum Gasteiger partial charge on any atom is -0.442 e. The Morgan fingerprint density at radius 1 is 1.33 bits per heavy atom. The lowest BCUT2D eigenvalue weighted by atomic mass is 9.93. The second kappa shape index (κ2) is 5.44. The van der Waals surface area contributed by atoms with Crippen LogP contribution < -0.4 is 5.32 Å². The first-order chi connectivity index (χ1) is 10.1. The summed E-state index contributed by atoms with van der Waals surface area (Å²) in [7, 11) is 0. The molecule has 0 aromatic carbocycles. The number of ketones is 1. The lowest BCUT2D eigenvalue weighted by Crippen LogP contribution is -2.28. The van der Waals surface area contributed by atoms with Crippen molar-refractivity contribution in [1.29, 1.82) is 0 Å². The second-order valence-corrected chi connectivity index (χ2v) is 5.64. The van der Waals surface area contributed by atoms with Crippen molar-refractivity contribution in [2.75, 3.05) is 5.32 Å². The topological polar surface area (TPSA) is 88.2 Å². The average Bonchev–Trinajstić information content (AvgIpc) is 2.78. The molecule has 0 radical (unpaired) electrons. The van der Waals surface area contributed by atoms with E-state index in [9.17, 15) is 9.90 Å². The third kappa shape index (κ3) is 2.63. The van der Waals surface area contributed by atoms with Gasteiger partial charge in [0.05, 0.1) is 17.1 Å². The summed E-state index contributed by atoms with van der Waals surface area (Å²) in [5.41, 5.74) is 0.981. The molecule has 0 atom stereocenters. The van der Waals surface area contributed by atoms with Gasteiger partial charge in [0, 0.05) is 6.04 Å². The fourth-order valence-electron chi connectivity index (χ4n) is 2.99. The van der Waals surface area contributed by atoms with Gasteiger partial charge in [-0.05, 0) is 39.5 Å². The van der Waals surface area contributed by atoms with Crippen molar-refractivity contribution in [3.8, 4) is 0 Å². The number of aliphatic hydroxyl groups excluding tert-OH is 1. The van der Waals surface area contributed by atoms with E-state index in [0.29, 0.717) is 28.2 Å². The van der Waals surface area contributed by atoms with E-state index in [4.69, 9.17) is 4.42 Å². The predicted octanol–water partition coefficient (Wildman–Crippen LogP) is 2.45. The molecule has 0 unspecified atom stereocenters. The zero-order valence-corrected chi connectivity index (χ0v) is 12.2. The molecule has 0 amide bonds. The van der Waals surface area contributed by atoms with Gasteiger partial charge in [-0.1, -0.05) is 0 Å². The minimum atomic E-state index is -0.197. The fraction of sp³-hybridized carbons (Fsp3) is 0.533. The Hall–Kier alpha value is -1.95. The largest absolute Gasteiger partial charge is 0.442 e. The zero-order chi connectivity index (χ0) is 15.0. The van der Waals surface area contributed by atoms with Gasteiger partial charge in [0.25, 0.3) is 0 Å². The van der Waals surface area contributed by atoms with Crippen LogP contribution in [-0.4, -0.2) is 33.0 Å². The molecule has 1 aliphatic carbocycles. The maximum atomic E-state index is 11.9. The number of nitrogens with zero attached hydrogens (tertiary/aromatic N) is 2. The summed E-state index contributed by atoms with van der Waals surface area (Å²) >= 11 is 0. The van der Waals surface area contributed by atoms with Crippen molar-refractivity contribution in [3.05, 3.63) is 17.7 Å². The Kier molecular flexibility index (Phi) is 3.63. The highest BCUT2D eigenvalue weighted by molar-refractivity contribution is 6.09. The summed E-state index contributed by atoms with van der Waals surface area (Å²) in [6, 6.07) is 0.251. The Morgan fingerprint density at radius 3 is 2.71 bits per heavy atom. The number of hydrogen-bond acceptors (Lipinski definition) is 6. The summed E-state index contributed by atoms with van der Waals surface area (Å²) in [6.45, 7) is 3.28. The number of carbonyl (C=O) groups is 1. The van der Waals surface area contributed by atoms with Crippen molar-refractivity contribution in [3.63, 3.8) is 0 Å². The Balaban J connectivity index is 1.96. The second-order valence-electron chi connectivity index (χ2n) is 5.64. The van der Waals surface area contributed by atoms with Gasteiger partial charge in [0.15, 0.2) is 5.78 Å². The van der Waals surface area contributed by atoms with Crippen LogP contribution >= 0.6 is 0 Å². The van der Waals surface area contributed by atoms with Gasteiger partial charge in [-0.25, -0.2) is 9.97 Å². The van der Waals surface area contributed by atoms with Crippen LogP contribution in [0.4, 0.5) is 5.82 Å². The SMILES string of the molecule is CC(=O)c1c(C)oc2ncnc(NC3CCC(O)CC3)c12. The van der Waals surface area contributed by atoms with Crippen molar-refractivity contribution < 1.29 is 14.3 Å². The first kappa shape index (κ1) is 14.0. The molecule has 0 aliphatic heterocycles. The first-order valence-electron chi connectivity index (χ1n) is 7.26. The summed E-state index contributed by atoms with van der Waals surface area (Å²) < 4.78 is 5.56. The maximum Gasteiger partial charge on any atom is 0.232 e. The van der Waals surface area contributed by atoms with Crippen LogP contribution in [0.25, 0.3) is 11.1 Å². The smallest absolute Gasteiger partial charge is 0.232 e. The van der Waals surface area contributed by atoms with Crippen LogP contribution in [0.2, 0.25) is 0 Å². The molecule has 1 aliphatic rings. The number of aliphatic hydroxyl groups is 1. The number of Topliss-reactive ketones (excluding diaryl/α,β-unsaturated/α-hetero) is 1. The highest BCUT2D eigenvalue weighted by Gasteiger charge is 2.24. The van der Waals surface area contributed by atoms with Crippen LogP contribution in [0.15, 0.2) is 10.7 Å². The fourth-order valence-corrected chi connectivity index (χ4v) is 2.99. The van der Waals surface area contributed by atoms with Gasteiger partial charge < -0.3 is 14.8 Å². The molecule has 2 aromatic rings. The molecule has 6 nitrogen and oxygen atoms in total. The quantitative estimate of drug-likeness (QED) is 0.844. The number of furan rings is 1. The number of hydrogen-bond donors (Lipinski definition) is 2. The number of carbonyl (C=O) groups excluding carboxylic acids is 1. The van der Waals surface area contributed by atoms with Crippen LogP contribution in [0, 0.1) is 6.92 Å². The third-order valence-corrected chi connectivity index (χ3v) is 4.05. The number of fused-ring (bicyclic) bond motifs is 1. The zero-order valence-electron chi connectivity index (χ0n) is 12.2. The lowest BCUT2D eigenvalue weighted by Gasteiger charge is -2.26. The third-order valence-electron chi connectivity index (χ3n) is 4.05. The lowest BCUT2D eigenvalue weighted by molar-refractivity contribution is 0.101. The summed E-state index contributed by atoms with van der Waals surface area (Å²) in [4.78, 5) is 20.2. The van der Waals surface area contributed by atoms with E-state index in [1.165, 1.54) is 13.3 Å². The van der Waals surface area contributed by atoms with Crippen molar-refractivity contribution in [1.82, 2.24) is 9.97 Å². The molecule has 2 aromatic heterocycles. The summed E-state index contributed by atoms with van der Waals surface area (Å²) in [6.07, 6.45) is 4.59. The van der Waals surface area contributed by atoms with Gasteiger partial charge in [-0.15, -0.1) is 0 Å². The molecule has 6 heteroatoms.